The first-order chi connectivity index (χ1) is 9.35. The molecule has 0 radical (unpaired) electrons. The molecule has 114 valence electrons. The Kier molecular flexibility index (Phi) is 4.86. The number of nitrogens with zero attached hydrogens (tertiary/aromatic N) is 1. The standard InChI is InChI=1S/C13H22N2O3S2/c1-9-7-13(19-12(9)8-16)20(17,18)14-15-10(2)5-4-6-11(15)3/h7,10-11,14,16H,4-6,8H2,1-3H3. The summed E-state index contributed by atoms with van der Waals surface area (Å²) in [4.78, 5) is 3.41. The van der Waals surface area contributed by atoms with E-state index in [9.17, 15) is 13.5 Å². The van der Waals surface area contributed by atoms with Crippen LogP contribution in [0.25, 0.3) is 0 Å². The summed E-state index contributed by atoms with van der Waals surface area (Å²) in [5.41, 5.74) is 0.817. The number of nitrogens with one attached hydrogen (secondary N) is 1. The van der Waals surface area contributed by atoms with Crippen molar-refractivity contribution in [2.45, 2.75) is 62.9 Å². The number of thiophene rings is 1. The highest BCUT2D eigenvalue weighted by atomic mass is 32.2. The number of aliphatic hydroxyl groups excluding tert-OH is 1. The zero-order valence-corrected chi connectivity index (χ0v) is 13.7. The normalized spacial score (nSPS) is 25.0. The van der Waals surface area contributed by atoms with Crippen LogP contribution in [0.4, 0.5) is 0 Å². The fraction of sp³-hybridized carbons (Fsp3) is 0.692. The van der Waals surface area contributed by atoms with Crippen LogP contribution in [-0.2, 0) is 16.6 Å². The molecule has 5 nitrogen and oxygen atoms in total. The van der Waals surface area contributed by atoms with Gasteiger partial charge in [0.2, 0.25) is 0 Å². The number of aliphatic hydroxyl groups is 1. The minimum Gasteiger partial charge on any atom is -0.391 e. The van der Waals surface area contributed by atoms with Gasteiger partial charge in [0.05, 0.1) is 6.61 Å². The van der Waals surface area contributed by atoms with Crippen molar-refractivity contribution >= 4 is 21.4 Å². The molecule has 2 atom stereocenters. The fourth-order valence-electron chi connectivity index (χ4n) is 2.56. The van der Waals surface area contributed by atoms with Crippen molar-refractivity contribution in [2.75, 3.05) is 0 Å². The highest BCUT2D eigenvalue weighted by molar-refractivity contribution is 7.91. The summed E-state index contributed by atoms with van der Waals surface area (Å²) in [7, 11) is -3.55. The molecule has 20 heavy (non-hydrogen) atoms. The molecule has 2 unspecified atom stereocenters. The van der Waals surface area contributed by atoms with Crippen molar-refractivity contribution in [1.82, 2.24) is 9.84 Å². The Hall–Kier alpha value is -0.470. The van der Waals surface area contributed by atoms with E-state index in [1.807, 2.05) is 25.8 Å². The van der Waals surface area contributed by atoms with Crippen molar-refractivity contribution < 1.29 is 13.5 Å². The van der Waals surface area contributed by atoms with Gasteiger partial charge in [0.1, 0.15) is 4.21 Å². The molecule has 0 saturated carbocycles. The van der Waals surface area contributed by atoms with E-state index in [-0.39, 0.29) is 22.9 Å². The van der Waals surface area contributed by atoms with Crippen molar-refractivity contribution in [2.24, 2.45) is 0 Å². The van der Waals surface area contributed by atoms with E-state index in [0.29, 0.717) is 4.88 Å². The topological polar surface area (TPSA) is 69.6 Å². The van der Waals surface area contributed by atoms with Gasteiger partial charge >= 0.3 is 0 Å². The maximum Gasteiger partial charge on any atom is 0.262 e. The number of hydrogen-bond acceptors (Lipinski definition) is 5. The summed E-state index contributed by atoms with van der Waals surface area (Å²) >= 11 is 1.13. The zero-order valence-electron chi connectivity index (χ0n) is 12.1. The van der Waals surface area contributed by atoms with Gasteiger partial charge in [-0.05, 0) is 45.2 Å². The molecule has 1 aliphatic heterocycles. The minimum atomic E-state index is -3.55. The molecule has 2 heterocycles. The summed E-state index contributed by atoms with van der Waals surface area (Å²) in [6, 6.07) is 2.02. The van der Waals surface area contributed by atoms with E-state index < -0.39 is 10.0 Å². The van der Waals surface area contributed by atoms with Gasteiger partial charge < -0.3 is 5.11 Å². The Labute approximate surface area is 124 Å². The molecule has 0 aromatic carbocycles. The molecule has 7 heteroatoms. The number of aryl methyl sites for hydroxylation is 1. The maximum atomic E-state index is 12.4. The van der Waals surface area contributed by atoms with Gasteiger partial charge in [-0.3, -0.25) is 0 Å². The number of sulfonamides is 1. The molecule has 2 rings (SSSR count). The number of hydrogen-bond donors (Lipinski definition) is 2. The molecule has 0 amide bonds. The average Bonchev–Trinajstić information content (AvgIpc) is 2.76. The molecule has 1 fully saturated rings. The van der Waals surface area contributed by atoms with Crippen LogP contribution < -0.4 is 4.83 Å². The Morgan fingerprint density at radius 1 is 1.40 bits per heavy atom. The Balaban J connectivity index is 2.21. The number of hydrazine groups is 1. The summed E-state index contributed by atoms with van der Waals surface area (Å²) in [5.74, 6) is 0. The predicted molar refractivity (Wildman–Crippen MR) is 79.9 cm³/mol. The van der Waals surface area contributed by atoms with Crippen LogP contribution in [0, 0.1) is 6.92 Å². The lowest BCUT2D eigenvalue weighted by molar-refractivity contribution is 0.0791. The third-order valence-electron chi connectivity index (χ3n) is 3.83. The lowest BCUT2D eigenvalue weighted by Gasteiger charge is -2.38. The molecular formula is C13H22N2O3S2. The van der Waals surface area contributed by atoms with E-state index in [1.54, 1.807) is 6.07 Å². The SMILES string of the molecule is Cc1cc(S(=O)(=O)NN2C(C)CCCC2C)sc1CO. The maximum absolute atomic E-state index is 12.4. The van der Waals surface area contributed by atoms with E-state index in [1.165, 1.54) is 0 Å². The average molecular weight is 318 g/mol. The van der Waals surface area contributed by atoms with Crippen LogP contribution in [-0.4, -0.2) is 30.6 Å². The third-order valence-corrected chi connectivity index (χ3v) is 6.85. The van der Waals surface area contributed by atoms with Crippen molar-refractivity contribution in [3.05, 3.63) is 16.5 Å². The lowest BCUT2D eigenvalue weighted by Crippen LogP contribution is -2.53. The third kappa shape index (κ3) is 3.23. The molecule has 1 saturated heterocycles. The first-order valence-electron chi connectivity index (χ1n) is 6.86. The summed E-state index contributed by atoms with van der Waals surface area (Å²) < 4.78 is 25.2. The molecule has 0 aliphatic carbocycles. The largest absolute Gasteiger partial charge is 0.391 e. The van der Waals surface area contributed by atoms with Crippen LogP contribution in [0.2, 0.25) is 0 Å². The highest BCUT2D eigenvalue weighted by Crippen LogP contribution is 2.27. The predicted octanol–water partition coefficient (Wildman–Crippen LogP) is 2.01. The molecular weight excluding hydrogens is 296 g/mol. The van der Waals surface area contributed by atoms with Crippen molar-refractivity contribution in [3.63, 3.8) is 0 Å². The van der Waals surface area contributed by atoms with Crippen LogP contribution in [0.15, 0.2) is 10.3 Å². The lowest BCUT2D eigenvalue weighted by atomic mass is 10.0. The van der Waals surface area contributed by atoms with Gasteiger partial charge in [0, 0.05) is 17.0 Å². The van der Waals surface area contributed by atoms with Crippen molar-refractivity contribution in [3.8, 4) is 0 Å². The monoisotopic (exact) mass is 318 g/mol. The molecule has 2 N–H and O–H groups in total. The van der Waals surface area contributed by atoms with Gasteiger partial charge in [0.25, 0.3) is 10.0 Å². The second kappa shape index (κ2) is 6.11. The molecule has 0 bridgehead atoms. The van der Waals surface area contributed by atoms with E-state index in [0.717, 1.165) is 36.2 Å². The van der Waals surface area contributed by atoms with Crippen LogP contribution in [0.1, 0.15) is 43.6 Å². The Bertz CT molecular complexity index is 558. The molecule has 0 spiro atoms. The minimum absolute atomic E-state index is 0.122. The molecule has 1 aliphatic rings. The summed E-state index contributed by atoms with van der Waals surface area (Å²) in [6.07, 6.45) is 3.13. The van der Waals surface area contributed by atoms with Crippen molar-refractivity contribution in [1.29, 1.82) is 0 Å². The molecule has 1 aromatic rings. The Morgan fingerprint density at radius 3 is 2.50 bits per heavy atom. The van der Waals surface area contributed by atoms with Crippen LogP contribution in [0.3, 0.4) is 0 Å². The van der Waals surface area contributed by atoms with Crippen LogP contribution >= 0.6 is 11.3 Å². The first kappa shape index (κ1) is 15.9. The van der Waals surface area contributed by atoms with Gasteiger partial charge in [-0.25, -0.2) is 13.4 Å². The first-order valence-corrected chi connectivity index (χ1v) is 9.16. The number of piperidine rings is 1. The zero-order chi connectivity index (χ0) is 14.9. The van der Waals surface area contributed by atoms with Gasteiger partial charge in [-0.1, -0.05) is 6.42 Å². The van der Waals surface area contributed by atoms with E-state index in [2.05, 4.69) is 4.83 Å². The van der Waals surface area contributed by atoms with Gasteiger partial charge in [-0.15, -0.1) is 16.2 Å². The van der Waals surface area contributed by atoms with Crippen LogP contribution in [0.5, 0.6) is 0 Å². The van der Waals surface area contributed by atoms with Gasteiger partial charge in [0.15, 0.2) is 0 Å². The van der Waals surface area contributed by atoms with Gasteiger partial charge in [-0.2, -0.15) is 0 Å². The second-order valence-corrected chi connectivity index (χ2v) is 8.49. The fourth-order valence-corrected chi connectivity index (χ4v) is 5.24. The highest BCUT2D eigenvalue weighted by Gasteiger charge is 2.30. The quantitative estimate of drug-likeness (QED) is 0.891. The van der Waals surface area contributed by atoms with E-state index in [4.69, 9.17) is 0 Å². The number of rotatable bonds is 4. The smallest absolute Gasteiger partial charge is 0.262 e. The van der Waals surface area contributed by atoms with E-state index >= 15 is 0 Å². The second-order valence-electron chi connectivity index (χ2n) is 5.46. The molecule has 1 aromatic heterocycles. The summed E-state index contributed by atoms with van der Waals surface area (Å²) in [6.45, 7) is 5.77. The Morgan fingerprint density at radius 2 is 2.00 bits per heavy atom. The summed E-state index contributed by atoms with van der Waals surface area (Å²) in [5, 5.41) is 11.0.